The van der Waals surface area contributed by atoms with Crippen LogP contribution in [0.5, 0.6) is 0 Å². The number of pyridine rings is 1. The largest absolute Gasteiger partial charge is 0.464 e. The summed E-state index contributed by atoms with van der Waals surface area (Å²) >= 11 is 1.50. The minimum Gasteiger partial charge on any atom is -0.464 e. The Labute approximate surface area is 358 Å². The molecule has 0 radical (unpaired) electrons. The van der Waals surface area contributed by atoms with Crippen LogP contribution in [0.2, 0.25) is 0 Å². The molecule has 3 fully saturated rings. The molecule has 8 rings (SSSR count). The van der Waals surface area contributed by atoms with E-state index in [1.165, 1.54) is 27.5 Å². The van der Waals surface area contributed by atoms with Crippen molar-refractivity contribution in [1.82, 2.24) is 35.2 Å². The number of ether oxygens (including phenoxy) is 2. The molecule has 1 aliphatic carbocycles. The van der Waals surface area contributed by atoms with E-state index < -0.39 is 17.5 Å². The summed E-state index contributed by atoms with van der Waals surface area (Å²) in [6.45, 7) is 16.2. The molecule has 7 atom stereocenters. The van der Waals surface area contributed by atoms with Gasteiger partial charge >= 0.3 is 5.97 Å². The smallest absolute Gasteiger partial charge is 0.324 e. The van der Waals surface area contributed by atoms with Gasteiger partial charge in [0.2, 0.25) is 5.91 Å². The van der Waals surface area contributed by atoms with Crippen molar-refractivity contribution in [2.24, 2.45) is 23.2 Å². The zero-order valence-corrected chi connectivity index (χ0v) is 37.5. The van der Waals surface area contributed by atoms with Crippen LogP contribution in [0, 0.1) is 23.2 Å². The van der Waals surface area contributed by atoms with Crippen molar-refractivity contribution in [3.63, 3.8) is 0 Å². The minimum absolute atomic E-state index is 0.109. The van der Waals surface area contributed by atoms with Gasteiger partial charge in [0.05, 0.1) is 34.8 Å². The van der Waals surface area contributed by atoms with Crippen LogP contribution < -0.4 is 10.7 Å². The Morgan fingerprint density at radius 3 is 2.63 bits per heavy atom. The first-order valence-electron chi connectivity index (χ1n) is 22.1. The van der Waals surface area contributed by atoms with E-state index in [-0.39, 0.29) is 54.7 Å². The quantitative estimate of drug-likeness (QED) is 0.184. The minimum atomic E-state index is -0.834. The summed E-state index contributed by atoms with van der Waals surface area (Å²) in [7, 11) is 3.96. The number of aryl methyl sites for hydroxylation is 1. The first kappa shape index (κ1) is 42.5. The van der Waals surface area contributed by atoms with Gasteiger partial charge in [-0.3, -0.25) is 24.4 Å². The van der Waals surface area contributed by atoms with Gasteiger partial charge in [0, 0.05) is 71.6 Å². The highest BCUT2D eigenvalue weighted by Crippen LogP contribution is 2.46. The van der Waals surface area contributed by atoms with Crippen molar-refractivity contribution >= 4 is 40.0 Å². The van der Waals surface area contributed by atoms with Crippen LogP contribution in [0.4, 0.5) is 0 Å². The van der Waals surface area contributed by atoms with Crippen molar-refractivity contribution in [2.75, 3.05) is 40.4 Å². The van der Waals surface area contributed by atoms with Gasteiger partial charge in [-0.05, 0) is 120 Å². The highest BCUT2D eigenvalue weighted by atomic mass is 32.1. The maximum atomic E-state index is 14.2. The van der Waals surface area contributed by atoms with Gasteiger partial charge in [-0.2, -0.15) is 0 Å². The van der Waals surface area contributed by atoms with Gasteiger partial charge in [-0.1, -0.05) is 33.8 Å². The molecule has 4 aliphatic rings. The topological polar surface area (TPSA) is 131 Å². The number of hydrazine groups is 1. The summed E-state index contributed by atoms with van der Waals surface area (Å²) in [6, 6.07) is 7.47. The van der Waals surface area contributed by atoms with Crippen LogP contribution in [-0.2, 0) is 43.2 Å². The number of benzene rings is 1. The molecule has 1 saturated carbocycles. The van der Waals surface area contributed by atoms with Crippen molar-refractivity contribution < 1.29 is 23.9 Å². The van der Waals surface area contributed by atoms with Crippen molar-refractivity contribution in [1.29, 1.82) is 0 Å². The first-order chi connectivity index (χ1) is 28.8. The average Bonchev–Trinajstić information content (AvgIpc) is 3.52. The Bertz CT molecular complexity index is 2240. The third-order valence-electron chi connectivity index (χ3n) is 13.8. The van der Waals surface area contributed by atoms with Crippen LogP contribution in [0.3, 0.4) is 0 Å². The molecule has 2 N–H and O–H groups in total. The molecule has 4 aromatic rings. The summed E-state index contributed by atoms with van der Waals surface area (Å²) in [5.74, 6) is 0.0676. The zero-order valence-electron chi connectivity index (χ0n) is 36.7. The number of hydrogen-bond donors (Lipinski definition) is 2. The molecule has 12 nitrogen and oxygen atoms in total. The third-order valence-corrected chi connectivity index (χ3v) is 14.7. The SMILES string of the molecule is CCn1c(-c2cc([C@H]3CCCN(C)CC3)cnc2[C@H](C)OC)c2c3cc(ccc31)-c1csc(n1)C[C@H](NC(=O)[C@H]1[C@H](C)[C@@H]1C)C(=O)N1CCC[C@H](N1)C(=O)OCC(C)(C)C2. The predicted molar refractivity (Wildman–Crippen MR) is 235 cm³/mol. The molecule has 1 aromatic carbocycles. The van der Waals surface area contributed by atoms with Crippen molar-refractivity contribution in [2.45, 2.75) is 117 Å². The number of carbonyl (C=O) groups excluding carboxylic acids is 3. The molecule has 0 unspecified atom stereocenters. The van der Waals surface area contributed by atoms with Crippen molar-refractivity contribution in [3.05, 3.63) is 57.7 Å². The molecule has 3 aliphatic heterocycles. The molecule has 2 amide bonds. The lowest BCUT2D eigenvalue weighted by molar-refractivity contribution is -0.155. The normalized spacial score (nSPS) is 26.9. The number of aromatic nitrogens is 3. The number of esters is 1. The maximum Gasteiger partial charge on any atom is 0.324 e. The fourth-order valence-electron chi connectivity index (χ4n) is 9.83. The first-order valence-corrected chi connectivity index (χ1v) is 23.0. The maximum absolute atomic E-state index is 14.2. The zero-order chi connectivity index (χ0) is 42.5. The van der Waals surface area contributed by atoms with E-state index in [0.29, 0.717) is 31.7 Å². The number of fused-ring (bicyclic) bond motifs is 6. The van der Waals surface area contributed by atoms with E-state index in [1.807, 2.05) is 0 Å². The van der Waals surface area contributed by atoms with Crippen LogP contribution in [-0.4, -0.2) is 94.7 Å². The van der Waals surface area contributed by atoms with Crippen LogP contribution in [0.25, 0.3) is 33.4 Å². The number of methoxy groups -OCH3 is 1. The fourth-order valence-corrected chi connectivity index (χ4v) is 10.7. The Morgan fingerprint density at radius 1 is 1.10 bits per heavy atom. The number of nitrogens with one attached hydrogen (secondary N) is 2. The molecule has 60 heavy (non-hydrogen) atoms. The van der Waals surface area contributed by atoms with E-state index in [0.717, 1.165) is 83.0 Å². The molecule has 2 saturated heterocycles. The number of amides is 2. The lowest BCUT2D eigenvalue weighted by atomic mass is 9.83. The Kier molecular flexibility index (Phi) is 12.3. The van der Waals surface area contributed by atoms with Gasteiger partial charge in [0.15, 0.2) is 0 Å². The third kappa shape index (κ3) is 8.52. The standard InChI is InChI=1S/C47H63N7O5S/c1-9-53-39-15-14-31-20-33(39)35(43(53)34-21-32(24-48-42(34)29(4)58-8)30-12-10-17-52(7)19-16-30)23-47(5,6)26-59-46(57)36-13-11-18-54(51-36)45(56)37(22-40-49-38(31)25-60-40)50-44(55)41-27(2)28(41)3/h14-15,20-21,24-25,27-30,36-37,41,51H,9-13,16-19,22-23,26H2,1-8H3,(H,50,55)/t27-,28+,29-,30-,36-,37-,41+/m0/s1. The molecular formula is C47H63N7O5S. The molecule has 6 heterocycles. The summed E-state index contributed by atoms with van der Waals surface area (Å²) in [4.78, 5) is 54.3. The summed E-state index contributed by atoms with van der Waals surface area (Å²) in [6.07, 6.45) is 7.27. The van der Waals surface area contributed by atoms with Crippen LogP contribution in [0.15, 0.2) is 35.8 Å². The van der Waals surface area contributed by atoms with Gasteiger partial charge in [-0.25, -0.2) is 10.4 Å². The van der Waals surface area contributed by atoms with Crippen LogP contribution in [0.1, 0.15) is 107 Å². The number of likely N-dealkylation sites (tertiary alicyclic amines) is 1. The Morgan fingerprint density at radius 2 is 1.88 bits per heavy atom. The van der Waals surface area contributed by atoms with Gasteiger partial charge in [0.25, 0.3) is 5.91 Å². The molecule has 6 bridgehead atoms. The summed E-state index contributed by atoms with van der Waals surface area (Å²) in [5, 5.41) is 8.54. The van der Waals surface area contributed by atoms with Gasteiger partial charge in [-0.15, -0.1) is 11.3 Å². The number of thiazole rings is 1. The van der Waals surface area contributed by atoms with Crippen molar-refractivity contribution in [3.8, 4) is 22.5 Å². The van der Waals surface area contributed by atoms with Gasteiger partial charge in [0.1, 0.15) is 12.1 Å². The van der Waals surface area contributed by atoms with E-state index in [1.54, 1.807) is 7.11 Å². The Hall–Kier alpha value is -4.17. The number of cyclic esters (lactones) is 1. The van der Waals surface area contributed by atoms with Gasteiger partial charge < -0.3 is 24.3 Å². The Balaban J connectivity index is 1.26. The highest BCUT2D eigenvalue weighted by Gasteiger charge is 2.49. The molecule has 322 valence electrons. The molecular weight excluding hydrogens is 775 g/mol. The highest BCUT2D eigenvalue weighted by molar-refractivity contribution is 7.10. The number of nitrogens with zero attached hydrogens (tertiary/aromatic N) is 5. The fraction of sp³-hybridized carbons (Fsp3) is 0.596. The monoisotopic (exact) mass is 837 g/mol. The summed E-state index contributed by atoms with van der Waals surface area (Å²) < 4.78 is 14.6. The molecule has 0 spiro atoms. The van der Waals surface area contributed by atoms with E-state index in [4.69, 9.17) is 19.4 Å². The van der Waals surface area contributed by atoms with Crippen LogP contribution >= 0.6 is 11.3 Å². The summed E-state index contributed by atoms with van der Waals surface area (Å²) in [5.41, 5.74) is 11.2. The molecule has 3 aromatic heterocycles. The average molecular weight is 838 g/mol. The lowest BCUT2D eigenvalue weighted by Crippen LogP contribution is -2.60. The van der Waals surface area contributed by atoms with E-state index in [9.17, 15) is 14.4 Å². The van der Waals surface area contributed by atoms with E-state index in [2.05, 4.69) is 105 Å². The predicted octanol–water partition coefficient (Wildman–Crippen LogP) is 7.30. The van der Waals surface area contributed by atoms with E-state index >= 15 is 0 Å². The second-order valence-corrected chi connectivity index (χ2v) is 19.7. The second-order valence-electron chi connectivity index (χ2n) is 18.7. The number of carbonyl (C=O) groups is 3. The molecule has 13 heteroatoms. The second kappa shape index (κ2) is 17.3. The number of rotatable bonds is 7. The number of hydrogen-bond acceptors (Lipinski definition) is 10. The lowest BCUT2D eigenvalue weighted by Gasteiger charge is -2.35.